The number of rotatable bonds is 4. The van der Waals surface area contributed by atoms with Gasteiger partial charge in [0, 0.05) is 11.8 Å². The van der Waals surface area contributed by atoms with Crippen LogP contribution in [0.4, 0.5) is 0 Å². The van der Waals surface area contributed by atoms with Crippen LogP contribution in [-0.2, 0) is 0 Å². The number of benzene rings is 3. The van der Waals surface area contributed by atoms with Crippen molar-refractivity contribution >= 4 is 13.3 Å². The van der Waals surface area contributed by atoms with E-state index >= 15 is 0 Å². The Morgan fingerprint density at radius 3 is 1.64 bits per heavy atom. The molecule has 0 atom stereocenters. The summed E-state index contributed by atoms with van der Waals surface area (Å²) in [5, 5.41) is 1.41. The Morgan fingerprint density at radius 2 is 1.07 bits per heavy atom. The van der Waals surface area contributed by atoms with Gasteiger partial charge in [0.05, 0.1) is 13.8 Å². The van der Waals surface area contributed by atoms with Crippen molar-refractivity contribution in [2.45, 2.75) is 19.6 Å². The Bertz CT molecular complexity index is 1060. The summed E-state index contributed by atoms with van der Waals surface area (Å²) in [7, 11) is -1.50. The van der Waals surface area contributed by atoms with E-state index in [2.05, 4.69) is 111 Å². The lowest BCUT2D eigenvalue weighted by atomic mass is 10.0. The lowest BCUT2D eigenvalue weighted by Gasteiger charge is -2.21. The molecule has 0 radical (unpaired) electrons. The van der Waals surface area contributed by atoms with Crippen molar-refractivity contribution in [3.8, 4) is 33.5 Å². The molecule has 0 amide bonds. The predicted octanol–water partition coefficient (Wildman–Crippen LogP) is 6.63. The number of pyridine rings is 1. The van der Waals surface area contributed by atoms with Gasteiger partial charge in [-0.2, -0.15) is 0 Å². The van der Waals surface area contributed by atoms with Gasteiger partial charge in [-0.15, -0.1) is 0 Å². The second-order valence-electron chi connectivity index (χ2n) is 8.17. The summed E-state index contributed by atoms with van der Waals surface area (Å²) < 4.78 is 0. The van der Waals surface area contributed by atoms with Crippen molar-refractivity contribution < 1.29 is 0 Å². The van der Waals surface area contributed by atoms with Crippen LogP contribution in [-0.4, -0.2) is 13.1 Å². The van der Waals surface area contributed by atoms with Gasteiger partial charge in [-0.1, -0.05) is 105 Å². The third-order valence-electron chi connectivity index (χ3n) is 5.08. The number of nitrogens with zero attached hydrogens (tertiary/aromatic N) is 1. The maximum absolute atomic E-state index is 4.84. The maximum Gasteiger partial charge on any atom is 0.0804 e. The van der Waals surface area contributed by atoms with Crippen molar-refractivity contribution in [3.05, 3.63) is 97.2 Å². The molecule has 0 N–H and O–H groups in total. The van der Waals surface area contributed by atoms with Crippen LogP contribution >= 0.6 is 0 Å². The number of aromatic nitrogens is 1. The molecule has 0 saturated carbocycles. The molecule has 138 valence electrons. The number of hydrogen-bond donors (Lipinski definition) is 0. The van der Waals surface area contributed by atoms with Crippen LogP contribution < -0.4 is 5.19 Å². The summed E-state index contributed by atoms with van der Waals surface area (Å²) in [6.07, 6.45) is 2.11. The summed E-state index contributed by atoms with van der Waals surface area (Å²) >= 11 is 0. The first-order valence-corrected chi connectivity index (χ1v) is 13.2. The second-order valence-corrected chi connectivity index (χ2v) is 13.2. The monoisotopic (exact) mass is 379 g/mol. The molecule has 2 heteroatoms. The van der Waals surface area contributed by atoms with Gasteiger partial charge >= 0.3 is 0 Å². The van der Waals surface area contributed by atoms with Gasteiger partial charge in [0.15, 0.2) is 0 Å². The number of hydrogen-bond acceptors (Lipinski definition) is 1. The van der Waals surface area contributed by atoms with Crippen molar-refractivity contribution in [1.29, 1.82) is 0 Å². The molecule has 0 saturated heterocycles. The van der Waals surface area contributed by atoms with Gasteiger partial charge in [0.2, 0.25) is 0 Å². The standard InChI is InChI=1S/C26H25NSi/c1-28(2,3)26-19-27-25(18-24(26)22-12-8-5-9-13-22)23-16-14-21(15-17-23)20-10-6-4-7-11-20/h4-19H,1-3H3. The molecule has 4 aromatic rings. The quantitative estimate of drug-likeness (QED) is 0.363. The summed E-state index contributed by atoms with van der Waals surface area (Å²) in [4.78, 5) is 4.84. The SMILES string of the molecule is C[Si](C)(C)c1cnc(-c2ccc(-c3ccccc3)cc2)cc1-c1ccccc1. The van der Waals surface area contributed by atoms with E-state index in [1.54, 1.807) is 0 Å². The highest BCUT2D eigenvalue weighted by molar-refractivity contribution is 6.89. The van der Waals surface area contributed by atoms with E-state index in [1.807, 2.05) is 6.07 Å². The molecule has 0 bridgehead atoms. The highest BCUT2D eigenvalue weighted by Gasteiger charge is 2.22. The van der Waals surface area contributed by atoms with Crippen molar-refractivity contribution in [2.24, 2.45) is 0 Å². The first kappa shape index (κ1) is 18.4. The normalized spacial score (nSPS) is 11.4. The minimum atomic E-state index is -1.50. The Hall–Kier alpha value is -2.97. The van der Waals surface area contributed by atoms with Crippen molar-refractivity contribution in [2.75, 3.05) is 0 Å². The van der Waals surface area contributed by atoms with Gasteiger partial charge in [0.1, 0.15) is 0 Å². The van der Waals surface area contributed by atoms with Crippen LogP contribution in [0.3, 0.4) is 0 Å². The molecule has 0 aliphatic heterocycles. The van der Waals surface area contributed by atoms with Crippen molar-refractivity contribution in [3.63, 3.8) is 0 Å². The smallest absolute Gasteiger partial charge is 0.0804 e. The first-order valence-electron chi connectivity index (χ1n) is 9.74. The third kappa shape index (κ3) is 3.83. The molecule has 0 unspecified atom stereocenters. The molecular formula is C26H25NSi. The van der Waals surface area contributed by atoms with E-state index in [-0.39, 0.29) is 0 Å². The zero-order valence-electron chi connectivity index (χ0n) is 16.7. The molecule has 0 aliphatic carbocycles. The summed E-state index contributed by atoms with van der Waals surface area (Å²) in [6.45, 7) is 7.14. The Labute approximate surface area is 168 Å². The van der Waals surface area contributed by atoms with Gasteiger partial charge in [-0.3, -0.25) is 4.98 Å². The molecule has 4 rings (SSSR count). The molecule has 1 aromatic heterocycles. The largest absolute Gasteiger partial charge is 0.256 e. The Balaban J connectivity index is 1.77. The van der Waals surface area contributed by atoms with Crippen LogP contribution in [0.5, 0.6) is 0 Å². The fourth-order valence-corrected chi connectivity index (χ4v) is 5.01. The van der Waals surface area contributed by atoms with Crippen LogP contribution in [0.25, 0.3) is 33.5 Å². The van der Waals surface area contributed by atoms with E-state index in [0.717, 1.165) is 11.3 Å². The van der Waals surface area contributed by atoms with E-state index in [9.17, 15) is 0 Å². The third-order valence-corrected chi connectivity index (χ3v) is 7.10. The molecule has 1 heterocycles. The van der Waals surface area contributed by atoms with Crippen LogP contribution in [0.2, 0.25) is 19.6 Å². The first-order chi connectivity index (χ1) is 13.5. The highest BCUT2D eigenvalue weighted by Crippen LogP contribution is 2.27. The zero-order valence-corrected chi connectivity index (χ0v) is 17.7. The Morgan fingerprint density at radius 1 is 0.571 bits per heavy atom. The fourth-order valence-electron chi connectivity index (χ4n) is 3.53. The molecule has 28 heavy (non-hydrogen) atoms. The summed E-state index contributed by atoms with van der Waals surface area (Å²) in [5.74, 6) is 0. The van der Waals surface area contributed by atoms with Crippen LogP contribution in [0, 0.1) is 0 Å². The van der Waals surface area contributed by atoms with Crippen LogP contribution in [0.15, 0.2) is 97.2 Å². The average molecular weight is 380 g/mol. The molecule has 0 spiro atoms. The maximum atomic E-state index is 4.84. The average Bonchev–Trinajstić information content (AvgIpc) is 2.74. The van der Waals surface area contributed by atoms with E-state index in [1.165, 1.54) is 27.4 Å². The van der Waals surface area contributed by atoms with Gasteiger partial charge in [0.25, 0.3) is 0 Å². The van der Waals surface area contributed by atoms with Crippen LogP contribution in [0.1, 0.15) is 0 Å². The highest BCUT2D eigenvalue weighted by atomic mass is 28.3. The van der Waals surface area contributed by atoms with Gasteiger partial charge < -0.3 is 0 Å². The minimum Gasteiger partial charge on any atom is -0.256 e. The lowest BCUT2D eigenvalue weighted by Crippen LogP contribution is -2.39. The molecule has 3 aromatic carbocycles. The topological polar surface area (TPSA) is 12.9 Å². The second kappa shape index (κ2) is 7.57. The van der Waals surface area contributed by atoms with Gasteiger partial charge in [-0.05, 0) is 33.5 Å². The summed E-state index contributed by atoms with van der Waals surface area (Å²) in [5.41, 5.74) is 7.23. The Kier molecular flexibility index (Phi) is 4.97. The fraction of sp³-hybridized carbons (Fsp3) is 0.115. The predicted molar refractivity (Wildman–Crippen MR) is 124 cm³/mol. The molecular weight excluding hydrogens is 354 g/mol. The lowest BCUT2D eigenvalue weighted by molar-refractivity contribution is 1.34. The molecule has 0 fully saturated rings. The van der Waals surface area contributed by atoms with Crippen molar-refractivity contribution in [1.82, 2.24) is 4.98 Å². The minimum absolute atomic E-state index is 1.03. The van der Waals surface area contributed by atoms with E-state index < -0.39 is 8.07 Å². The van der Waals surface area contributed by atoms with Gasteiger partial charge in [-0.25, -0.2) is 0 Å². The van der Waals surface area contributed by atoms with E-state index in [0.29, 0.717) is 0 Å². The van der Waals surface area contributed by atoms with E-state index in [4.69, 9.17) is 4.98 Å². The molecule has 1 nitrogen and oxygen atoms in total. The molecule has 0 aliphatic rings. The summed E-state index contributed by atoms with van der Waals surface area (Å²) in [6, 6.07) is 32.1. The zero-order chi connectivity index (χ0) is 19.6.